The highest BCUT2D eigenvalue weighted by atomic mass is 35.5. The molecule has 0 saturated heterocycles. The molecule has 9 heteroatoms. The number of carbonyl (C=O) groups excluding carboxylic acids is 1. The van der Waals surface area contributed by atoms with Crippen molar-refractivity contribution in [1.29, 1.82) is 0 Å². The lowest BCUT2D eigenvalue weighted by atomic mass is 10.1. The summed E-state index contributed by atoms with van der Waals surface area (Å²) < 4.78 is 42.1. The van der Waals surface area contributed by atoms with Crippen LogP contribution in [0.1, 0.15) is 21.5 Å². The van der Waals surface area contributed by atoms with Gasteiger partial charge in [0.25, 0.3) is 15.9 Å². The van der Waals surface area contributed by atoms with Crippen molar-refractivity contribution in [2.75, 3.05) is 12.3 Å². The number of benzene rings is 4. The van der Waals surface area contributed by atoms with E-state index in [0.29, 0.717) is 30.2 Å². The Hall–Kier alpha value is -3.17. The van der Waals surface area contributed by atoms with Gasteiger partial charge in [0.05, 0.1) is 4.90 Å². The molecule has 0 radical (unpaired) electrons. The van der Waals surface area contributed by atoms with Crippen LogP contribution in [0, 0.1) is 5.82 Å². The Morgan fingerprint density at radius 3 is 2.16 bits per heavy atom. The second-order valence-electron chi connectivity index (χ2n) is 8.52. The van der Waals surface area contributed by atoms with Crippen LogP contribution in [-0.4, -0.2) is 31.5 Å². The van der Waals surface area contributed by atoms with Gasteiger partial charge >= 0.3 is 0 Å². The lowest BCUT2D eigenvalue weighted by Gasteiger charge is -2.23. The van der Waals surface area contributed by atoms with Crippen molar-refractivity contribution in [3.05, 3.63) is 131 Å². The molecule has 0 aromatic heterocycles. The SMILES string of the molecule is O=C(NS(=O)(=O)c1ccc(CN(CCSc2ccccc2)Cc2c(F)cccc2Cl)cc1)c1ccccc1. The molecule has 4 aromatic carbocycles. The maximum Gasteiger partial charge on any atom is 0.264 e. The number of sulfonamides is 1. The first-order chi connectivity index (χ1) is 18.3. The number of hydrogen-bond acceptors (Lipinski definition) is 5. The number of amides is 1. The van der Waals surface area contributed by atoms with Crippen LogP contribution >= 0.6 is 23.4 Å². The Morgan fingerprint density at radius 2 is 1.50 bits per heavy atom. The molecule has 0 heterocycles. The maximum absolute atomic E-state index is 14.5. The lowest BCUT2D eigenvalue weighted by molar-refractivity contribution is 0.0981. The van der Waals surface area contributed by atoms with E-state index in [1.54, 1.807) is 66.4 Å². The summed E-state index contributed by atoms with van der Waals surface area (Å²) in [6.45, 7) is 1.40. The van der Waals surface area contributed by atoms with Crippen LogP contribution in [0.25, 0.3) is 0 Å². The van der Waals surface area contributed by atoms with Gasteiger partial charge in [-0.25, -0.2) is 17.5 Å². The van der Waals surface area contributed by atoms with Crippen LogP contribution in [0.5, 0.6) is 0 Å². The van der Waals surface area contributed by atoms with E-state index < -0.39 is 15.9 Å². The van der Waals surface area contributed by atoms with E-state index in [9.17, 15) is 17.6 Å². The van der Waals surface area contributed by atoms with Gasteiger partial charge in [0, 0.05) is 46.4 Å². The molecular weight excluding hydrogens is 543 g/mol. The molecule has 38 heavy (non-hydrogen) atoms. The highest BCUT2D eigenvalue weighted by Gasteiger charge is 2.19. The van der Waals surface area contributed by atoms with Crippen molar-refractivity contribution in [3.8, 4) is 0 Å². The topological polar surface area (TPSA) is 66.5 Å². The largest absolute Gasteiger partial charge is 0.294 e. The summed E-state index contributed by atoms with van der Waals surface area (Å²) in [6.07, 6.45) is 0. The molecule has 4 rings (SSSR count). The van der Waals surface area contributed by atoms with Crippen LogP contribution in [-0.2, 0) is 23.1 Å². The Balaban J connectivity index is 1.46. The number of hydrogen-bond donors (Lipinski definition) is 1. The first-order valence-corrected chi connectivity index (χ1v) is 14.7. The van der Waals surface area contributed by atoms with Gasteiger partial charge in [-0.1, -0.05) is 66.2 Å². The van der Waals surface area contributed by atoms with Crippen LogP contribution in [0.2, 0.25) is 5.02 Å². The van der Waals surface area contributed by atoms with E-state index in [2.05, 4.69) is 9.62 Å². The van der Waals surface area contributed by atoms with E-state index in [1.807, 2.05) is 30.3 Å². The molecular formula is C29H26ClFN2O3S2. The fourth-order valence-electron chi connectivity index (χ4n) is 3.79. The van der Waals surface area contributed by atoms with Crippen LogP contribution in [0.3, 0.4) is 0 Å². The van der Waals surface area contributed by atoms with Gasteiger partial charge in [-0.05, 0) is 54.1 Å². The van der Waals surface area contributed by atoms with E-state index >= 15 is 0 Å². The van der Waals surface area contributed by atoms with Gasteiger partial charge in [0.1, 0.15) is 5.82 Å². The summed E-state index contributed by atoms with van der Waals surface area (Å²) in [7, 11) is -4.04. The Bertz CT molecular complexity index is 1450. The standard InChI is InChI=1S/C29H26ClFN2O3S2/c30-27-12-7-13-28(31)26(27)21-33(18-19-37-24-10-5-2-6-11-24)20-22-14-16-25(17-15-22)38(35,36)32-29(34)23-8-3-1-4-9-23/h1-17H,18-21H2,(H,32,34). The monoisotopic (exact) mass is 568 g/mol. The second-order valence-corrected chi connectivity index (χ2v) is 11.8. The van der Waals surface area contributed by atoms with Crippen molar-refractivity contribution in [1.82, 2.24) is 9.62 Å². The number of thioether (sulfide) groups is 1. The zero-order chi connectivity index (χ0) is 27.0. The molecule has 0 aliphatic rings. The molecule has 1 amide bonds. The van der Waals surface area contributed by atoms with Crippen molar-refractivity contribution in [2.24, 2.45) is 0 Å². The average molecular weight is 569 g/mol. The molecule has 5 nitrogen and oxygen atoms in total. The molecule has 196 valence electrons. The minimum atomic E-state index is -4.04. The third-order valence-electron chi connectivity index (χ3n) is 5.77. The normalized spacial score (nSPS) is 11.4. The van der Waals surface area contributed by atoms with Crippen molar-refractivity contribution < 1.29 is 17.6 Å². The highest BCUT2D eigenvalue weighted by Crippen LogP contribution is 2.24. The van der Waals surface area contributed by atoms with Crippen LogP contribution in [0.4, 0.5) is 4.39 Å². The Labute approximate surface area is 231 Å². The molecule has 0 aliphatic heterocycles. The average Bonchev–Trinajstić information content (AvgIpc) is 2.92. The molecule has 0 saturated carbocycles. The number of carbonyl (C=O) groups is 1. The van der Waals surface area contributed by atoms with E-state index in [-0.39, 0.29) is 16.3 Å². The summed E-state index contributed by atoms with van der Waals surface area (Å²) in [5, 5.41) is 0.362. The van der Waals surface area contributed by atoms with Crippen molar-refractivity contribution >= 4 is 39.3 Å². The molecule has 0 unspecified atom stereocenters. The van der Waals surface area contributed by atoms with E-state index in [4.69, 9.17) is 11.6 Å². The van der Waals surface area contributed by atoms with Crippen LogP contribution < -0.4 is 4.72 Å². The van der Waals surface area contributed by atoms with Gasteiger partial charge in [0.15, 0.2) is 0 Å². The van der Waals surface area contributed by atoms with Crippen LogP contribution in [0.15, 0.2) is 113 Å². The number of rotatable bonds is 11. The number of nitrogens with one attached hydrogen (secondary N) is 1. The molecule has 0 atom stereocenters. The second kappa shape index (κ2) is 13.1. The number of halogens is 2. The first-order valence-electron chi connectivity index (χ1n) is 11.9. The predicted molar refractivity (Wildman–Crippen MR) is 150 cm³/mol. The zero-order valence-electron chi connectivity index (χ0n) is 20.4. The molecule has 0 spiro atoms. The Kier molecular flexibility index (Phi) is 9.58. The third-order valence-corrected chi connectivity index (χ3v) is 8.46. The summed E-state index contributed by atoms with van der Waals surface area (Å²) in [5.74, 6) is -0.291. The van der Waals surface area contributed by atoms with Gasteiger partial charge in [-0.3, -0.25) is 9.69 Å². The lowest BCUT2D eigenvalue weighted by Crippen LogP contribution is -2.30. The molecule has 4 aromatic rings. The van der Waals surface area contributed by atoms with Gasteiger partial charge in [-0.15, -0.1) is 11.8 Å². The summed E-state index contributed by atoms with van der Waals surface area (Å²) in [6, 6.07) is 29.1. The quantitative estimate of drug-likeness (QED) is 0.212. The minimum absolute atomic E-state index is 0.0196. The molecule has 0 aliphatic carbocycles. The third kappa shape index (κ3) is 7.68. The van der Waals surface area contributed by atoms with E-state index in [0.717, 1.165) is 16.2 Å². The fraction of sp³-hybridized carbons (Fsp3) is 0.138. The highest BCUT2D eigenvalue weighted by molar-refractivity contribution is 7.99. The maximum atomic E-state index is 14.5. The first kappa shape index (κ1) is 27.9. The fourth-order valence-corrected chi connectivity index (χ4v) is 5.92. The van der Waals surface area contributed by atoms with Gasteiger partial charge < -0.3 is 0 Å². The number of nitrogens with zero attached hydrogens (tertiary/aromatic N) is 1. The zero-order valence-corrected chi connectivity index (χ0v) is 22.8. The van der Waals surface area contributed by atoms with E-state index in [1.165, 1.54) is 18.2 Å². The van der Waals surface area contributed by atoms with Crippen molar-refractivity contribution in [2.45, 2.75) is 22.9 Å². The summed E-state index contributed by atoms with van der Waals surface area (Å²) in [4.78, 5) is 15.5. The summed E-state index contributed by atoms with van der Waals surface area (Å²) >= 11 is 7.99. The molecule has 1 N–H and O–H groups in total. The van der Waals surface area contributed by atoms with Gasteiger partial charge in [0.2, 0.25) is 0 Å². The Morgan fingerprint density at radius 1 is 0.842 bits per heavy atom. The summed E-state index contributed by atoms with van der Waals surface area (Å²) in [5.41, 5.74) is 1.51. The predicted octanol–water partition coefficient (Wildman–Crippen LogP) is 6.39. The molecule has 0 fully saturated rings. The van der Waals surface area contributed by atoms with Gasteiger partial charge in [-0.2, -0.15) is 0 Å². The van der Waals surface area contributed by atoms with Crippen molar-refractivity contribution in [3.63, 3.8) is 0 Å². The molecule has 0 bridgehead atoms. The minimum Gasteiger partial charge on any atom is -0.294 e. The smallest absolute Gasteiger partial charge is 0.264 e.